The molecule has 0 saturated carbocycles. The maximum absolute atomic E-state index is 12.3. The van der Waals surface area contributed by atoms with Gasteiger partial charge in [-0.3, -0.25) is 19.6 Å². The van der Waals surface area contributed by atoms with Gasteiger partial charge in [-0.15, -0.1) is 0 Å². The fourth-order valence-corrected chi connectivity index (χ4v) is 2.09. The first kappa shape index (κ1) is 15.4. The highest BCUT2D eigenvalue weighted by Crippen LogP contribution is 2.22. The summed E-state index contributed by atoms with van der Waals surface area (Å²) in [6.07, 6.45) is 6.17. The third-order valence-electron chi connectivity index (χ3n) is 3.29. The summed E-state index contributed by atoms with van der Waals surface area (Å²) in [6, 6.07) is 13.6. The van der Waals surface area contributed by atoms with Crippen LogP contribution in [0.4, 0.5) is 11.4 Å². The molecule has 0 aliphatic rings. The Hall–Kier alpha value is -3.54. The van der Waals surface area contributed by atoms with E-state index >= 15 is 0 Å². The number of nitrogens with zero attached hydrogens (tertiary/aromatic N) is 2. The molecule has 0 saturated heterocycles. The summed E-state index contributed by atoms with van der Waals surface area (Å²) in [5, 5.41) is 5.56. The second kappa shape index (κ2) is 7.15. The average Bonchev–Trinajstić information content (AvgIpc) is 2.64. The van der Waals surface area contributed by atoms with Crippen molar-refractivity contribution < 1.29 is 9.59 Å². The lowest BCUT2D eigenvalue weighted by Gasteiger charge is -2.12. The Morgan fingerprint density at radius 3 is 1.88 bits per heavy atom. The van der Waals surface area contributed by atoms with Crippen LogP contribution in [0.1, 0.15) is 20.7 Å². The van der Waals surface area contributed by atoms with Gasteiger partial charge in [0, 0.05) is 30.4 Å². The minimum Gasteiger partial charge on any atom is -0.320 e. The molecule has 0 bridgehead atoms. The Kier molecular flexibility index (Phi) is 4.57. The summed E-state index contributed by atoms with van der Waals surface area (Å²) >= 11 is 0. The van der Waals surface area contributed by atoms with E-state index in [1.54, 1.807) is 67.1 Å². The third kappa shape index (κ3) is 3.61. The van der Waals surface area contributed by atoms with Crippen molar-refractivity contribution >= 4 is 23.2 Å². The predicted molar refractivity (Wildman–Crippen MR) is 90.8 cm³/mol. The van der Waals surface area contributed by atoms with Crippen molar-refractivity contribution in [2.45, 2.75) is 0 Å². The Labute approximate surface area is 138 Å². The van der Waals surface area contributed by atoms with Gasteiger partial charge >= 0.3 is 0 Å². The molecule has 3 aromatic rings. The Balaban J connectivity index is 1.78. The molecule has 0 atom stereocenters. The summed E-state index contributed by atoms with van der Waals surface area (Å²) in [7, 11) is 0. The first-order chi connectivity index (χ1) is 11.7. The molecule has 0 spiro atoms. The van der Waals surface area contributed by atoms with E-state index in [0.717, 1.165) is 0 Å². The van der Waals surface area contributed by atoms with Crippen LogP contribution in [0, 0.1) is 0 Å². The number of amides is 2. The van der Waals surface area contributed by atoms with Crippen LogP contribution >= 0.6 is 0 Å². The van der Waals surface area contributed by atoms with E-state index in [4.69, 9.17) is 0 Å². The van der Waals surface area contributed by atoms with E-state index in [0.29, 0.717) is 22.5 Å². The Morgan fingerprint density at radius 1 is 0.667 bits per heavy atom. The number of aromatic nitrogens is 2. The maximum Gasteiger partial charge on any atom is 0.257 e. The molecule has 0 unspecified atom stereocenters. The lowest BCUT2D eigenvalue weighted by molar-refractivity contribution is 0.101. The van der Waals surface area contributed by atoms with E-state index in [-0.39, 0.29) is 11.8 Å². The summed E-state index contributed by atoms with van der Waals surface area (Å²) in [5.41, 5.74) is 1.94. The van der Waals surface area contributed by atoms with Gasteiger partial charge in [-0.1, -0.05) is 12.1 Å². The van der Waals surface area contributed by atoms with Crippen molar-refractivity contribution in [3.8, 4) is 0 Å². The van der Waals surface area contributed by atoms with Gasteiger partial charge in [0.2, 0.25) is 0 Å². The number of carbonyl (C=O) groups is 2. The SMILES string of the molecule is O=C(Nc1ccccc1NC(=O)c1cccnc1)c1ccncc1. The largest absolute Gasteiger partial charge is 0.320 e. The molecular weight excluding hydrogens is 304 g/mol. The van der Waals surface area contributed by atoms with Gasteiger partial charge in [-0.05, 0) is 36.4 Å². The van der Waals surface area contributed by atoms with Crippen molar-refractivity contribution in [3.63, 3.8) is 0 Å². The molecule has 0 aliphatic heterocycles. The molecule has 2 heterocycles. The van der Waals surface area contributed by atoms with Crippen LogP contribution in [0.5, 0.6) is 0 Å². The summed E-state index contributed by atoms with van der Waals surface area (Å²) < 4.78 is 0. The molecule has 2 aromatic heterocycles. The maximum atomic E-state index is 12.3. The number of hydrogen-bond acceptors (Lipinski definition) is 4. The number of anilines is 2. The Bertz CT molecular complexity index is 779. The molecule has 6 nitrogen and oxygen atoms in total. The number of hydrogen-bond donors (Lipinski definition) is 2. The molecular formula is C18H14N4O2. The lowest BCUT2D eigenvalue weighted by Crippen LogP contribution is -2.16. The topological polar surface area (TPSA) is 84.0 Å². The van der Waals surface area contributed by atoms with Crippen molar-refractivity contribution in [1.82, 2.24) is 9.97 Å². The number of nitrogens with one attached hydrogen (secondary N) is 2. The zero-order valence-corrected chi connectivity index (χ0v) is 12.6. The molecule has 0 aliphatic carbocycles. The van der Waals surface area contributed by atoms with Crippen LogP contribution in [0.3, 0.4) is 0 Å². The van der Waals surface area contributed by atoms with Crippen LogP contribution < -0.4 is 10.6 Å². The number of carbonyl (C=O) groups excluding carboxylic acids is 2. The number of para-hydroxylation sites is 2. The van der Waals surface area contributed by atoms with Crippen molar-refractivity contribution in [2.75, 3.05) is 10.6 Å². The highest BCUT2D eigenvalue weighted by Gasteiger charge is 2.11. The molecule has 1 aromatic carbocycles. The first-order valence-corrected chi connectivity index (χ1v) is 7.26. The highest BCUT2D eigenvalue weighted by molar-refractivity contribution is 6.09. The lowest BCUT2D eigenvalue weighted by atomic mass is 10.2. The summed E-state index contributed by atoms with van der Waals surface area (Å²) in [5.74, 6) is -0.575. The smallest absolute Gasteiger partial charge is 0.257 e. The molecule has 2 N–H and O–H groups in total. The van der Waals surface area contributed by atoms with E-state index in [2.05, 4.69) is 20.6 Å². The van der Waals surface area contributed by atoms with Crippen molar-refractivity contribution in [1.29, 1.82) is 0 Å². The Morgan fingerprint density at radius 2 is 1.29 bits per heavy atom. The van der Waals surface area contributed by atoms with Gasteiger partial charge < -0.3 is 10.6 Å². The van der Waals surface area contributed by atoms with Gasteiger partial charge in [-0.2, -0.15) is 0 Å². The molecule has 6 heteroatoms. The minimum absolute atomic E-state index is 0.277. The molecule has 24 heavy (non-hydrogen) atoms. The number of benzene rings is 1. The number of pyridine rings is 2. The van der Waals surface area contributed by atoms with Gasteiger partial charge in [-0.25, -0.2) is 0 Å². The van der Waals surface area contributed by atoms with Crippen LogP contribution in [-0.2, 0) is 0 Å². The normalized spacial score (nSPS) is 10.0. The fraction of sp³-hybridized carbons (Fsp3) is 0. The van der Waals surface area contributed by atoms with Crippen molar-refractivity contribution in [2.24, 2.45) is 0 Å². The predicted octanol–water partition coefficient (Wildman–Crippen LogP) is 2.98. The minimum atomic E-state index is -0.297. The van der Waals surface area contributed by atoms with Crippen LogP contribution in [-0.4, -0.2) is 21.8 Å². The summed E-state index contributed by atoms with van der Waals surface area (Å²) in [4.78, 5) is 32.3. The molecule has 0 fully saturated rings. The highest BCUT2D eigenvalue weighted by atomic mass is 16.2. The van der Waals surface area contributed by atoms with Gasteiger partial charge in [0.1, 0.15) is 0 Å². The monoisotopic (exact) mass is 318 g/mol. The van der Waals surface area contributed by atoms with Gasteiger partial charge in [0.15, 0.2) is 0 Å². The molecule has 0 radical (unpaired) electrons. The quantitative estimate of drug-likeness (QED) is 0.774. The van der Waals surface area contributed by atoms with Crippen LogP contribution in [0.15, 0.2) is 73.3 Å². The molecule has 118 valence electrons. The van der Waals surface area contributed by atoms with E-state index in [9.17, 15) is 9.59 Å². The zero-order chi connectivity index (χ0) is 16.8. The third-order valence-corrected chi connectivity index (χ3v) is 3.29. The fourth-order valence-electron chi connectivity index (χ4n) is 2.09. The summed E-state index contributed by atoms with van der Waals surface area (Å²) in [6.45, 7) is 0. The standard InChI is InChI=1S/C18H14N4O2/c23-17(13-7-10-19-11-8-13)21-15-5-1-2-6-16(15)22-18(24)14-4-3-9-20-12-14/h1-12H,(H,21,23)(H,22,24). The van der Waals surface area contributed by atoms with E-state index in [1.807, 2.05) is 0 Å². The molecule has 3 rings (SSSR count). The zero-order valence-electron chi connectivity index (χ0n) is 12.6. The second-order valence-electron chi connectivity index (χ2n) is 4.93. The van der Waals surface area contributed by atoms with Gasteiger partial charge in [0.25, 0.3) is 11.8 Å². The van der Waals surface area contributed by atoms with Gasteiger partial charge in [0.05, 0.1) is 16.9 Å². The van der Waals surface area contributed by atoms with Crippen molar-refractivity contribution in [3.05, 3.63) is 84.4 Å². The van der Waals surface area contributed by atoms with Crippen LogP contribution in [0.25, 0.3) is 0 Å². The second-order valence-corrected chi connectivity index (χ2v) is 4.93. The van der Waals surface area contributed by atoms with Crippen LogP contribution in [0.2, 0.25) is 0 Å². The first-order valence-electron chi connectivity index (χ1n) is 7.26. The van der Waals surface area contributed by atoms with E-state index < -0.39 is 0 Å². The van der Waals surface area contributed by atoms with E-state index in [1.165, 1.54) is 6.20 Å². The average molecular weight is 318 g/mol. The molecule has 2 amide bonds. The number of rotatable bonds is 4.